The Labute approximate surface area is 125 Å². The Morgan fingerprint density at radius 2 is 2.05 bits per heavy atom. The number of pyridine rings is 1. The molecule has 5 heteroatoms. The normalized spacial score (nSPS) is 22.1. The van der Waals surface area contributed by atoms with Crippen LogP contribution in [0.2, 0.25) is 5.15 Å². The molecule has 2 rings (SSSR count). The van der Waals surface area contributed by atoms with Crippen molar-refractivity contribution in [2.45, 2.75) is 27.2 Å². The highest BCUT2D eigenvalue weighted by molar-refractivity contribution is 6.29. The minimum absolute atomic E-state index is 0.0463. The number of hydrogen-bond donors (Lipinski definition) is 1. The molecule has 2 heterocycles. The van der Waals surface area contributed by atoms with Gasteiger partial charge in [0.25, 0.3) is 5.91 Å². The molecule has 2 unspecified atom stereocenters. The van der Waals surface area contributed by atoms with E-state index >= 15 is 0 Å². The quantitative estimate of drug-likeness (QED) is 0.867. The van der Waals surface area contributed by atoms with Gasteiger partial charge in [0.05, 0.1) is 0 Å². The lowest BCUT2D eigenvalue weighted by Crippen LogP contribution is -2.29. The number of halogens is 1. The van der Waals surface area contributed by atoms with E-state index in [-0.39, 0.29) is 5.91 Å². The number of likely N-dealkylation sites (tertiary alicyclic amines) is 1. The van der Waals surface area contributed by atoms with Crippen molar-refractivity contribution in [1.82, 2.24) is 9.88 Å². The molecular formula is C15H22ClN3O. The lowest BCUT2D eigenvalue weighted by atomic mass is 10.0. The van der Waals surface area contributed by atoms with Crippen LogP contribution in [-0.2, 0) is 0 Å². The fourth-order valence-electron chi connectivity index (χ4n) is 2.44. The van der Waals surface area contributed by atoms with Crippen LogP contribution in [0.25, 0.3) is 0 Å². The van der Waals surface area contributed by atoms with Crippen LogP contribution < -0.4 is 5.32 Å². The monoisotopic (exact) mass is 295 g/mol. The number of carbonyl (C=O) groups excluding carboxylic acids is 1. The van der Waals surface area contributed by atoms with Gasteiger partial charge in [0, 0.05) is 25.2 Å². The summed E-state index contributed by atoms with van der Waals surface area (Å²) in [6.45, 7) is 8.90. The maximum atomic E-state index is 12.5. The molecule has 1 aromatic rings. The Morgan fingerprint density at radius 3 is 2.65 bits per heavy atom. The van der Waals surface area contributed by atoms with Gasteiger partial charge in [-0.25, -0.2) is 4.98 Å². The van der Waals surface area contributed by atoms with Crippen molar-refractivity contribution in [3.63, 3.8) is 0 Å². The van der Waals surface area contributed by atoms with Gasteiger partial charge < -0.3 is 10.2 Å². The number of nitrogens with zero attached hydrogens (tertiary/aromatic N) is 2. The van der Waals surface area contributed by atoms with Gasteiger partial charge in [0.2, 0.25) is 0 Å². The van der Waals surface area contributed by atoms with Gasteiger partial charge in [-0.1, -0.05) is 32.4 Å². The second-order valence-electron chi connectivity index (χ2n) is 5.66. The van der Waals surface area contributed by atoms with Crippen LogP contribution in [0, 0.1) is 11.8 Å². The van der Waals surface area contributed by atoms with Gasteiger partial charge >= 0.3 is 0 Å². The van der Waals surface area contributed by atoms with Crippen molar-refractivity contribution >= 4 is 23.3 Å². The fourth-order valence-corrected chi connectivity index (χ4v) is 2.65. The third kappa shape index (κ3) is 3.42. The van der Waals surface area contributed by atoms with E-state index in [2.05, 4.69) is 31.1 Å². The molecule has 0 radical (unpaired) electrons. The van der Waals surface area contributed by atoms with Crippen molar-refractivity contribution in [1.29, 1.82) is 0 Å². The molecule has 0 bridgehead atoms. The largest absolute Gasteiger partial charge is 0.370 e. The topological polar surface area (TPSA) is 45.2 Å². The molecule has 1 aliphatic heterocycles. The summed E-state index contributed by atoms with van der Waals surface area (Å²) in [5.74, 6) is 1.82. The number of rotatable bonds is 4. The molecule has 110 valence electrons. The van der Waals surface area contributed by atoms with Crippen molar-refractivity contribution in [2.24, 2.45) is 11.8 Å². The first-order valence-corrected chi connectivity index (χ1v) is 7.59. The minimum Gasteiger partial charge on any atom is -0.370 e. The number of carbonyl (C=O) groups is 1. The zero-order valence-corrected chi connectivity index (χ0v) is 13.1. The second kappa shape index (κ2) is 6.44. The van der Waals surface area contributed by atoms with Crippen LogP contribution in [0.5, 0.6) is 0 Å². The van der Waals surface area contributed by atoms with Gasteiger partial charge in [-0.3, -0.25) is 4.79 Å². The van der Waals surface area contributed by atoms with E-state index in [9.17, 15) is 4.79 Å². The summed E-state index contributed by atoms with van der Waals surface area (Å²) in [5.41, 5.74) is 0.616. The third-order valence-electron chi connectivity index (χ3n) is 3.87. The molecule has 1 aromatic heterocycles. The molecule has 1 fully saturated rings. The average molecular weight is 296 g/mol. The van der Waals surface area contributed by atoms with E-state index in [1.54, 1.807) is 12.1 Å². The SMILES string of the molecule is CCCNc1cc(C(=O)N2CC(C)C(C)C2)cc(Cl)n1. The van der Waals surface area contributed by atoms with Gasteiger partial charge in [-0.2, -0.15) is 0 Å². The van der Waals surface area contributed by atoms with E-state index < -0.39 is 0 Å². The molecule has 0 aliphatic carbocycles. The predicted octanol–water partition coefficient (Wildman–Crippen LogP) is 3.28. The van der Waals surface area contributed by atoms with Crippen molar-refractivity contribution in [3.05, 3.63) is 22.8 Å². The van der Waals surface area contributed by atoms with Gasteiger partial charge in [0.1, 0.15) is 11.0 Å². The fraction of sp³-hybridized carbons (Fsp3) is 0.600. The Balaban J connectivity index is 2.15. The molecule has 0 aromatic carbocycles. The first-order chi connectivity index (χ1) is 9.51. The van der Waals surface area contributed by atoms with Crippen LogP contribution >= 0.6 is 11.6 Å². The Hall–Kier alpha value is -1.29. The van der Waals surface area contributed by atoms with Crippen molar-refractivity contribution < 1.29 is 4.79 Å². The number of amides is 1. The molecule has 1 aliphatic rings. The first kappa shape index (κ1) is 15.1. The van der Waals surface area contributed by atoms with E-state index in [1.807, 2.05) is 4.90 Å². The third-order valence-corrected chi connectivity index (χ3v) is 4.07. The standard InChI is InChI=1S/C15H22ClN3O/c1-4-5-17-14-7-12(6-13(16)18-14)15(20)19-8-10(2)11(3)9-19/h6-7,10-11H,4-5,8-9H2,1-3H3,(H,17,18). The number of hydrogen-bond acceptors (Lipinski definition) is 3. The summed E-state index contributed by atoms with van der Waals surface area (Å²) in [7, 11) is 0. The maximum Gasteiger partial charge on any atom is 0.254 e. The second-order valence-corrected chi connectivity index (χ2v) is 6.04. The molecule has 20 heavy (non-hydrogen) atoms. The Bertz CT molecular complexity index is 482. The maximum absolute atomic E-state index is 12.5. The highest BCUT2D eigenvalue weighted by Gasteiger charge is 2.30. The van der Waals surface area contributed by atoms with Crippen LogP contribution in [0.1, 0.15) is 37.6 Å². The molecule has 1 N–H and O–H groups in total. The summed E-state index contributed by atoms with van der Waals surface area (Å²) < 4.78 is 0. The number of anilines is 1. The lowest BCUT2D eigenvalue weighted by molar-refractivity contribution is 0.0785. The molecule has 4 nitrogen and oxygen atoms in total. The highest BCUT2D eigenvalue weighted by atomic mass is 35.5. The van der Waals surface area contributed by atoms with Crippen LogP contribution in [-0.4, -0.2) is 35.4 Å². The zero-order chi connectivity index (χ0) is 14.7. The Kier molecular flexibility index (Phi) is 4.86. The van der Waals surface area contributed by atoms with Crippen LogP contribution in [0.4, 0.5) is 5.82 Å². The van der Waals surface area contributed by atoms with Crippen LogP contribution in [0.3, 0.4) is 0 Å². The van der Waals surface area contributed by atoms with Crippen molar-refractivity contribution in [2.75, 3.05) is 25.0 Å². The summed E-state index contributed by atoms with van der Waals surface area (Å²) in [5, 5.41) is 3.53. The van der Waals surface area contributed by atoms with Crippen molar-refractivity contribution in [3.8, 4) is 0 Å². The summed E-state index contributed by atoms with van der Waals surface area (Å²) in [4.78, 5) is 18.6. The van der Waals surface area contributed by atoms with E-state index in [1.165, 1.54) is 0 Å². The predicted molar refractivity (Wildman–Crippen MR) is 82.3 cm³/mol. The number of nitrogens with one attached hydrogen (secondary N) is 1. The van der Waals surface area contributed by atoms with Gasteiger partial charge in [-0.15, -0.1) is 0 Å². The van der Waals surface area contributed by atoms with E-state index in [0.29, 0.717) is 28.4 Å². The Morgan fingerprint density at radius 1 is 1.40 bits per heavy atom. The molecule has 1 saturated heterocycles. The smallest absolute Gasteiger partial charge is 0.254 e. The van der Waals surface area contributed by atoms with Gasteiger partial charge in [-0.05, 0) is 30.4 Å². The molecule has 1 amide bonds. The summed E-state index contributed by atoms with van der Waals surface area (Å²) >= 11 is 6.02. The first-order valence-electron chi connectivity index (χ1n) is 7.22. The minimum atomic E-state index is 0.0463. The highest BCUT2D eigenvalue weighted by Crippen LogP contribution is 2.25. The van der Waals surface area contributed by atoms with Gasteiger partial charge in [0.15, 0.2) is 0 Å². The van der Waals surface area contributed by atoms with E-state index in [4.69, 9.17) is 11.6 Å². The lowest BCUT2D eigenvalue weighted by Gasteiger charge is -2.17. The van der Waals surface area contributed by atoms with Crippen LogP contribution in [0.15, 0.2) is 12.1 Å². The zero-order valence-electron chi connectivity index (χ0n) is 12.3. The average Bonchev–Trinajstić information content (AvgIpc) is 2.75. The molecule has 0 spiro atoms. The number of aromatic nitrogens is 1. The summed E-state index contributed by atoms with van der Waals surface area (Å²) in [6.07, 6.45) is 0.999. The van der Waals surface area contributed by atoms with E-state index in [0.717, 1.165) is 26.1 Å². The molecular weight excluding hydrogens is 274 g/mol. The molecule has 2 atom stereocenters. The molecule has 0 saturated carbocycles. The summed E-state index contributed by atoms with van der Waals surface area (Å²) in [6, 6.07) is 3.44.